The maximum Gasteiger partial charge on any atom is 0.0824 e. The van der Waals surface area contributed by atoms with E-state index in [4.69, 9.17) is 0 Å². The van der Waals surface area contributed by atoms with Crippen LogP contribution in [-0.4, -0.2) is 15.0 Å². The molecule has 0 saturated carbocycles. The molecule has 0 atom stereocenters. The molecular weight excluding hydrogens is 126 g/mol. The van der Waals surface area contributed by atoms with Crippen molar-refractivity contribution in [3.05, 3.63) is 11.9 Å². The predicted octanol–water partition coefficient (Wildman–Crippen LogP) is 1.50. The minimum absolute atomic E-state index is 0. The molecule has 0 radical (unpaired) electrons. The van der Waals surface area contributed by atoms with Gasteiger partial charge in [0.15, 0.2) is 0 Å². The van der Waals surface area contributed by atoms with Crippen LogP contribution in [0, 0.1) is 0 Å². The summed E-state index contributed by atoms with van der Waals surface area (Å²) in [6.07, 6.45) is 2.94. The second kappa shape index (κ2) is 4.04. The number of aryl methyl sites for hydroxylation is 2. The average molecular weight is 141 g/mol. The number of aromatic nitrogens is 3. The molecule has 1 heterocycles. The quantitative estimate of drug-likeness (QED) is 0.624. The molecule has 0 unspecified atom stereocenters. The summed E-state index contributed by atoms with van der Waals surface area (Å²) in [5, 5.41) is 7.79. The zero-order valence-corrected chi connectivity index (χ0v) is 5.83. The van der Waals surface area contributed by atoms with Crippen molar-refractivity contribution < 1.29 is 0 Å². The molecule has 0 saturated heterocycles. The Balaban J connectivity index is 0.000000810. The standard InChI is InChI=1S/C6H11N3.CH4/c1-3-6-5-9(4-2)8-7-6;/h5H,3-4H2,1-2H3;1H4. The summed E-state index contributed by atoms with van der Waals surface area (Å²) in [5.74, 6) is 0. The highest BCUT2D eigenvalue weighted by molar-refractivity contribution is 4.90. The Hall–Kier alpha value is -0.860. The van der Waals surface area contributed by atoms with Crippen LogP contribution >= 0.6 is 0 Å². The van der Waals surface area contributed by atoms with E-state index in [1.165, 1.54) is 0 Å². The van der Waals surface area contributed by atoms with Gasteiger partial charge >= 0.3 is 0 Å². The molecule has 0 fully saturated rings. The van der Waals surface area contributed by atoms with Crippen LogP contribution < -0.4 is 0 Å². The Morgan fingerprint density at radius 3 is 2.50 bits per heavy atom. The van der Waals surface area contributed by atoms with Gasteiger partial charge in [-0.25, -0.2) is 0 Å². The van der Waals surface area contributed by atoms with Gasteiger partial charge in [-0.1, -0.05) is 19.6 Å². The van der Waals surface area contributed by atoms with Gasteiger partial charge in [-0.2, -0.15) is 0 Å². The number of hydrogen-bond acceptors (Lipinski definition) is 2. The molecule has 1 aromatic rings. The van der Waals surface area contributed by atoms with Crippen LogP contribution in [0.5, 0.6) is 0 Å². The summed E-state index contributed by atoms with van der Waals surface area (Å²) in [4.78, 5) is 0. The fraction of sp³-hybridized carbons (Fsp3) is 0.714. The Bertz CT molecular complexity index is 162. The molecule has 58 valence electrons. The lowest BCUT2D eigenvalue weighted by Crippen LogP contribution is -1.93. The van der Waals surface area contributed by atoms with Crippen molar-refractivity contribution >= 4 is 0 Å². The van der Waals surface area contributed by atoms with Crippen molar-refractivity contribution in [2.24, 2.45) is 0 Å². The minimum Gasteiger partial charge on any atom is -0.253 e. The van der Waals surface area contributed by atoms with Crippen LogP contribution in [0.1, 0.15) is 27.0 Å². The van der Waals surface area contributed by atoms with Gasteiger partial charge in [0.1, 0.15) is 0 Å². The Labute approximate surface area is 62.1 Å². The first-order valence-corrected chi connectivity index (χ1v) is 3.25. The lowest BCUT2D eigenvalue weighted by atomic mass is 10.4. The molecule has 0 aliphatic heterocycles. The van der Waals surface area contributed by atoms with E-state index >= 15 is 0 Å². The molecule has 0 amide bonds. The highest BCUT2D eigenvalue weighted by Gasteiger charge is 1.92. The minimum atomic E-state index is 0. The molecular formula is C7H15N3. The molecule has 0 N–H and O–H groups in total. The van der Waals surface area contributed by atoms with Gasteiger partial charge < -0.3 is 0 Å². The topological polar surface area (TPSA) is 30.7 Å². The van der Waals surface area contributed by atoms with Crippen molar-refractivity contribution in [2.75, 3.05) is 0 Å². The lowest BCUT2D eigenvalue weighted by Gasteiger charge is -1.86. The van der Waals surface area contributed by atoms with Gasteiger partial charge in [0.2, 0.25) is 0 Å². The normalized spacial score (nSPS) is 9.00. The van der Waals surface area contributed by atoms with E-state index in [-0.39, 0.29) is 7.43 Å². The van der Waals surface area contributed by atoms with E-state index in [0.717, 1.165) is 18.7 Å². The Kier molecular flexibility index (Phi) is 3.69. The van der Waals surface area contributed by atoms with Gasteiger partial charge in [-0.3, -0.25) is 4.68 Å². The summed E-state index contributed by atoms with van der Waals surface area (Å²) in [7, 11) is 0. The van der Waals surface area contributed by atoms with Crippen molar-refractivity contribution in [2.45, 2.75) is 34.2 Å². The van der Waals surface area contributed by atoms with Crippen LogP contribution in [-0.2, 0) is 13.0 Å². The summed E-state index contributed by atoms with van der Waals surface area (Å²) in [6, 6.07) is 0. The van der Waals surface area contributed by atoms with Crippen molar-refractivity contribution in [3.8, 4) is 0 Å². The molecule has 3 nitrogen and oxygen atoms in total. The Morgan fingerprint density at radius 1 is 1.50 bits per heavy atom. The SMILES string of the molecule is C.CCc1cn(CC)nn1. The van der Waals surface area contributed by atoms with Gasteiger partial charge in [0.05, 0.1) is 5.69 Å². The van der Waals surface area contributed by atoms with Gasteiger partial charge in [0.25, 0.3) is 0 Å². The third kappa shape index (κ3) is 1.83. The zero-order valence-electron chi connectivity index (χ0n) is 5.83. The van der Waals surface area contributed by atoms with Gasteiger partial charge in [-0.15, -0.1) is 5.10 Å². The molecule has 10 heavy (non-hydrogen) atoms. The smallest absolute Gasteiger partial charge is 0.0824 e. The van der Waals surface area contributed by atoms with E-state index in [9.17, 15) is 0 Å². The molecule has 0 aliphatic carbocycles. The van der Waals surface area contributed by atoms with Crippen LogP contribution in [0.2, 0.25) is 0 Å². The van der Waals surface area contributed by atoms with Crippen molar-refractivity contribution in [1.82, 2.24) is 15.0 Å². The molecule has 1 aromatic heterocycles. The molecule has 0 spiro atoms. The average Bonchev–Trinajstić information content (AvgIpc) is 2.34. The van der Waals surface area contributed by atoms with E-state index in [2.05, 4.69) is 17.2 Å². The first-order valence-electron chi connectivity index (χ1n) is 3.25. The third-order valence-electron chi connectivity index (χ3n) is 1.27. The molecule has 0 aromatic carbocycles. The van der Waals surface area contributed by atoms with E-state index < -0.39 is 0 Å². The summed E-state index contributed by atoms with van der Waals surface area (Å²) in [6.45, 7) is 5.03. The first-order chi connectivity index (χ1) is 4.36. The number of rotatable bonds is 2. The van der Waals surface area contributed by atoms with Crippen molar-refractivity contribution in [3.63, 3.8) is 0 Å². The fourth-order valence-corrected chi connectivity index (χ4v) is 0.655. The highest BCUT2D eigenvalue weighted by Crippen LogP contribution is 1.91. The van der Waals surface area contributed by atoms with E-state index in [0.29, 0.717) is 0 Å². The monoisotopic (exact) mass is 141 g/mol. The molecule has 0 bridgehead atoms. The summed E-state index contributed by atoms with van der Waals surface area (Å²) in [5.41, 5.74) is 1.07. The first kappa shape index (κ1) is 9.14. The van der Waals surface area contributed by atoms with E-state index in [1.807, 2.05) is 17.8 Å². The maximum absolute atomic E-state index is 3.92. The van der Waals surface area contributed by atoms with Crippen LogP contribution in [0.3, 0.4) is 0 Å². The van der Waals surface area contributed by atoms with Gasteiger partial charge in [0, 0.05) is 12.7 Å². The molecule has 0 aliphatic rings. The summed E-state index contributed by atoms with van der Waals surface area (Å²) < 4.78 is 1.83. The van der Waals surface area contributed by atoms with Gasteiger partial charge in [-0.05, 0) is 13.3 Å². The summed E-state index contributed by atoms with van der Waals surface area (Å²) >= 11 is 0. The molecule has 1 rings (SSSR count). The third-order valence-corrected chi connectivity index (χ3v) is 1.27. The highest BCUT2D eigenvalue weighted by atomic mass is 15.4. The largest absolute Gasteiger partial charge is 0.253 e. The number of nitrogens with zero attached hydrogens (tertiary/aromatic N) is 3. The second-order valence-electron chi connectivity index (χ2n) is 1.92. The zero-order chi connectivity index (χ0) is 6.69. The lowest BCUT2D eigenvalue weighted by molar-refractivity contribution is 0.626. The second-order valence-corrected chi connectivity index (χ2v) is 1.92. The Morgan fingerprint density at radius 2 is 2.20 bits per heavy atom. The van der Waals surface area contributed by atoms with Crippen molar-refractivity contribution in [1.29, 1.82) is 0 Å². The fourth-order valence-electron chi connectivity index (χ4n) is 0.655. The van der Waals surface area contributed by atoms with E-state index in [1.54, 1.807) is 0 Å². The van der Waals surface area contributed by atoms with Crippen LogP contribution in [0.25, 0.3) is 0 Å². The maximum atomic E-state index is 3.92. The van der Waals surface area contributed by atoms with Crippen LogP contribution in [0.4, 0.5) is 0 Å². The molecule has 3 heteroatoms. The number of hydrogen-bond donors (Lipinski definition) is 0. The van der Waals surface area contributed by atoms with Crippen LogP contribution in [0.15, 0.2) is 6.20 Å². The predicted molar refractivity (Wildman–Crippen MR) is 41.8 cm³/mol.